The normalized spacial score (nSPS) is 8.93. The molecule has 1 N–H and O–H groups in total. The molecule has 0 aliphatic rings. The smallest absolute Gasteiger partial charge is 0.871 e. The van der Waals surface area contributed by atoms with E-state index < -0.39 is 17.5 Å². The Kier molecular flexibility index (Phi) is 4.56. The van der Waals surface area contributed by atoms with Gasteiger partial charge in [-0.1, -0.05) is 17.9 Å². The molecule has 0 heterocycles. The summed E-state index contributed by atoms with van der Waals surface area (Å²) >= 11 is 0. The molecule has 1 aromatic rings. The predicted octanol–water partition coefficient (Wildman–Crippen LogP) is 0.658. The van der Waals surface area contributed by atoms with Gasteiger partial charge in [0.05, 0.1) is 5.56 Å². The average molecular weight is 287 g/mol. The SMILES string of the molecule is CC(=O)c1cccc(C(=O)O)c1[O-].[Ag+]. The Bertz CT molecular complexity index is 341. The van der Waals surface area contributed by atoms with Crippen LogP contribution in [0.1, 0.15) is 27.6 Å². The minimum Gasteiger partial charge on any atom is -0.871 e. The first kappa shape index (κ1) is 12.9. The Morgan fingerprint density at radius 2 is 1.79 bits per heavy atom. The van der Waals surface area contributed by atoms with Crippen molar-refractivity contribution in [3.05, 3.63) is 29.3 Å². The van der Waals surface area contributed by atoms with Gasteiger partial charge in [-0.25, -0.2) is 4.79 Å². The van der Waals surface area contributed by atoms with E-state index in [2.05, 4.69) is 0 Å². The molecule has 0 aliphatic carbocycles. The summed E-state index contributed by atoms with van der Waals surface area (Å²) in [4.78, 5) is 21.3. The molecule has 78 valence electrons. The van der Waals surface area contributed by atoms with Crippen LogP contribution in [0.4, 0.5) is 0 Å². The summed E-state index contributed by atoms with van der Waals surface area (Å²) in [6, 6.07) is 3.87. The van der Waals surface area contributed by atoms with Crippen LogP contribution in [0.25, 0.3) is 0 Å². The first-order chi connectivity index (χ1) is 6.04. The van der Waals surface area contributed by atoms with Gasteiger partial charge < -0.3 is 10.2 Å². The maximum absolute atomic E-state index is 11.3. The maximum Gasteiger partial charge on any atom is 1.00 e. The Labute approximate surface area is 96.1 Å². The summed E-state index contributed by atoms with van der Waals surface area (Å²) in [5.41, 5.74) is -0.451. The number of hydrogen-bond donors (Lipinski definition) is 1. The molecule has 0 bridgehead atoms. The van der Waals surface area contributed by atoms with Crippen LogP contribution in [0.5, 0.6) is 5.75 Å². The number of carbonyl (C=O) groups excluding carboxylic acids is 1. The zero-order valence-electron chi connectivity index (χ0n) is 7.21. The topological polar surface area (TPSA) is 77.4 Å². The van der Waals surface area contributed by atoms with Gasteiger partial charge in [0, 0.05) is 5.56 Å². The fourth-order valence-electron chi connectivity index (χ4n) is 0.983. The molecule has 1 rings (SSSR count). The molecule has 0 radical (unpaired) electrons. The van der Waals surface area contributed by atoms with Crippen LogP contribution in [-0.4, -0.2) is 16.9 Å². The fraction of sp³-hybridized carbons (Fsp3) is 0.111. The molecule has 0 fully saturated rings. The monoisotopic (exact) mass is 286 g/mol. The van der Waals surface area contributed by atoms with Crippen molar-refractivity contribution in [2.45, 2.75) is 6.92 Å². The fourth-order valence-corrected chi connectivity index (χ4v) is 0.983. The number of ketones is 1. The Morgan fingerprint density at radius 3 is 2.21 bits per heavy atom. The summed E-state index contributed by atoms with van der Waals surface area (Å²) in [6.45, 7) is 1.22. The molecular weight excluding hydrogens is 280 g/mol. The van der Waals surface area contributed by atoms with Gasteiger partial charge in [0.25, 0.3) is 0 Å². The van der Waals surface area contributed by atoms with E-state index >= 15 is 0 Å². The van der Waals surface area contributed by atoms with Crippen LogP contribution >= 0.6 is 0 Å². The standard InChI is InChI=1S/C9H8O4.Ag/c1-5(10)6-3-2-4-7(8(6)11)9(12)13;/h2-4,11H,1H3,(H,12,13);/q;+1/p-1. The van der Waals surface area contributed by atoms with E-state index in [-0.39, 0.29) is 33.5 Å². The number of hydrogen-bond acceptors (Lipinski definition) is 3. The molecule has 0 saturated heterocycles. The second kappa shape index (κ2) is 4.95. The summed E-state index contributed by atoms with van der Waals surface area (Å²) in [5.74, 6) is -2.45. The molecule has 4 nitrogen and oxygen atoms in total. The Hall–Kier alpha value is -1.10. The van der Waals surface area contributed by atoms with E-state index in [1.807, 2.05) is 0 Å². The molecule has 0 amide bonds. The van der Waals surface area contributed by atoms with Crippen LogP contribution in [0.15, 0.2) is 18.2 Å². The van der Waals surface area contributed by atoms with Crippen LogP contribution in [0.3, 0.4) is 0 Å². The number of carboxylic acid groups (broad SMARTS) is 1. The van der Waals surface area contributed by atoms with Gasteiger partial charge in [0.1, 0.15) is 0 Å². The molecule has 1 aromatic carbocycles. The number of carbonyl (C=O) groups is 2. The molecule has 14 heavy (non-hydrogen) atoms. The third kappa shape index (κ3) is 2.45. The Morgan fingerprint density at radius 1 is 1.29 bits per heavy atom. The van der Waals surface area contributed by atoms with Crippen molar-refractivity contribution >= 4 is 11.8 Å². The van der Waals surface area contributed by atoms with Gasteiger partial charge in [-0.05, 0) is 13.0 Å². The molecule has 0 unspecified atom stereocenters. The molecular formula is C9H7AgO4. The number of carboxylic acids is 1. The quantitative estimate of drug-likeness (QED) is 0.640. The van der Waals surface area contributed by atoms with Crippen molar-refractivity contribution in [1.82, 2.24) is 0 Å². The minimum absolute atomic E-state index is 0. The largest absolute Gasteiger partial charge is 1.00 e. The van der Waals surface area contributed by atoms with Crippen LogP contribution in [-0.2, 0) is 22.4 Å². The number of aromatic carboxylic acids is 1. The molecule has 0 aliphatic heterocycles. The second-order valence-corrected chi connectivity index (χ2v) is 2.54. The van der Waals surface area contributed by atoms with Gasteiger partial charge in [-0.2, -0.15) is 0 Å². The molecule has 0 aromatic heterocycles. The zero-order valence-corrected chi connectivity index (χ0v) is 8.69. The van der Waals surface area contributed by atoms with Gasteiger partial charge >= 0.3 is 28.3 Å². The Balaban J connectivity index is 0.00000169. The third-order valence-electron chi connectivity index (χ3n) is 1.62. The third-order valence-corrected chi connectivity index (χ3v) is 1.62. The zero-order chi connectivity index (χ0) is 10.0. The number of para-hydroxylation sites is 1. The molecule has 0 spiro atoms. The van der Waals surface area contributed by atoms with Crippen molar-refractivity contribution in [2.24, 2.45) is 0 Å². The molecule has 0 saturated carbocycles. The van der Waals surface area contributed by atoms with Crippen LogP contribution in [0, 0.1) is 0 Å². The first-order valence-corrected chi connectivity index (χ1v) is 3.58. The summed E-state index contributed by atoms with van der Waals surface area (Å²) in [7, 11) is 0. The van der Waals surface area contributed by atoms with E-state index in [0.717, 1.165) is 0 Å². The summed E-state index contributed by atoms with van der Waals surface area (Å²) in [6.07, 6.45) is 0. The van der Waals surface area contributed by atoms with Crippen LogP contribution < -0.4 is 5.11 Å². The van der Waals surface area contributed by atoms with Crippen molar-refractivity contribution in [3.8, 4) is 5.75 Å². The number of Topliss-reactive ketones (excluding diaryl/α,β-unsaturated/α-hetero) is 1. The van der Waals surface area contributed by atoms with Crippen LogP contribution in [0.2, 0.25) is 0 Å². The number of rotatable bonds is 2. The summed E-state index contributed by atoms with van der Waals surface area (Å²) < 4.78 is 0. The van der Waals surface area contributed by atoms with E-state index in [9.17, 15) is 14.7 Å². The van der Waals surface area contributed by atoms with E-state index in [1.54, 1.807) is 0 Å². The maximum atomic E-state index is 11.3. The molecule has 5 heteroatoms. The van der Waals surface area contributed by atoms with E-state index in [1.165, 1.54) is 25.1 Å². The van der Waals surface area contributed by atoms with Gasteiger partial charge in [0.15, 0.2) is 5.78 Å². The van der Waals surface area contributed by atoms with Crippen molar-refractivity contribution < 1.29 is 42.2 Å². The van der Waals surface area contributed by atoms with E-state index in [0.29, 0.717) is 0 Å². The predicted molar refractivity (Wildman–Crippen MR) is 42.9 cm³/mol. The average Bonchev–Trinajstić information content (AvgIpc) is 2.03. The van der Waals surface area contributed by atoms with Gasteiger partial charge in [0.2, 0.25) is 0 Å². The van der Waals surface area contributed by atoms with E-state index in [4.69, 9.17) is 5.11 Å². The van der Waals surface area contributed by atoms with Crippen molar-refractivity contribution in [1.29, 1.82) is 0 Å². The van der Waals surface area contributed by atoms with Gasteiger partial charge in [-0.15, -0.1) is 0 Å². The van der Waals surface area contributed by atoms with Crippen molar-refractivity contribution in [2.75, 3.05) is 0 Å². The van der Waals surface area contributed by atoms with Gasteiger partial charge in [-0.3, -0.25) is 4.79 Å². The second-order valence-electron chi connectivity index (χ2n) is 2.54. The molecule has 0 atom stereocenters. The van der Waals surface area contributed by atoms with Crippen molar-refractivity contribution in [3.63, 3.8) is 0 Å². The minimum atomic E-state index is -1.31. The first-order valence-electron chi connectivity index (χ1n) is 3.58. The summed E-state index contributed by atoms with van der Waals surface area (Å²) in [5, 5.41) is 19.8. The number of benzene rings is 1.